The third-order valence-electron chi connectivity index (χ3n) is 5.12. The molecule has 0 N–H and O–H groups in total. The molecular weight excluding hydrogens is 450 g/mol. The van der Waals surface area contributed by atoms with Crippen LogP contribution in [0.2, 0.25) is 0 Å². The van der Waals surface area contributed by atoms with Crippen LogP contribution in [0.4, 0.5) is 11.4 Å². The van der Waals surface area contributed by atoms with Crippen molar-refractivity contribution in [2.75, 3.05) is 31.0 Å². The third-order valence-corrected chi connectivity index (χ3v) is 5.76. The van der Waals surface area contributed by atoms with Crippen molar-refractivity contribution < 1.29 is 19.1 Å². The summed E-state index contributed by atoms with van der Waals surface area (Å²) in [4.78, 5) is 42.4. The van der Waals surface area contributed by atoms with E-state index in [0.29, 0.717) is 17.8 Å². The number of imide groups is 1. The normalized spacial score (nSPS) is 16.4. The number of nitrogens with zero attached hydrogens (tertiary/aromatic N) is 3. The molecule has 30 heavy (non-hydrogen) atoms. The second kappa shape index (κ2) is 9.30. The number of carbonyl (C=O) groups excluding carboxylic acids is 3. The van der Waals surface area contributed by atoms with Crippen LogP contribution in [0.3, 0.4) is 0 Å². The maximum Gasteiger partial charge on any atom is 0.252 e. The Labute approximate surface area is 184 Å². The molecule has 3 rings (SSSR count). The van der Waals surface area contributed by atoms with Crippen molar-refractivity contribution in [3.05, 3.63) is 52.5 Å². The van der Waals surface area contributed by atoms with E-state index in [9.17, 15) is 14.4 Å². The Morgan fingerprint density at radius 3 is 2.47 bits per heavy atom. The summed E-state index contributed by atoms with van der Waals surface area (Å²) in [5.41, 5.74) is 2.21. The van der Waals surface area contributed by atoms with E-state index in [1.807, 2.05) is 43.3 Å². The first-order chi connectivity index (χ1) is 14.4. The molecule has 1 aliphatic heterocycles. The number of rotatable bonds is 7. The quantitative estimate of drug-likeness (QED) is 0.456. The summed E-state index contributed by atoms with van der Waals surface area (Å²) >= 11 is 3.52. The smallest absolute Gasteiger partial charge is 0.252 e. The molecule has 1 saturated heterocycles. The van der Waals surface area contributed by atoms with Crippen LogP contribution >= 0.6 is 15.9 Å². The molecule has 2 aromatic rings. The van der Waals surface area contributed by atoms with Crippen LogP contribution in [0.5, 0.6) is 5.75 Å². The molecule has 8 heteroatoms. The number of benzene rings is 2. The van der Waals surface area contributed by atoms with E-state index in [-0.39, 0.29) is 31.2 Å². The minimum absolute atomic E-state index is 0.157. The van der Waals surface area contributed by atoms with Gasteiger partial charge in [0.15, 0.2) is 0 Å². The van der Waals surface area contributed by atoms with Gasteiger partial charge < -0.3 is 14.5 Å². The number of methoxy groups -OCH3 is 1. The minimum atomic E-state index is -0.744. The summed E-state index contributed by atoms with van der Waals surface area (Å²) in [5.74, 6) is 0.0877. The van der Waals surface area contributed by atoms with Crippen molar-refractivity contribution >= 4 is 45.5 Å². The van der Waals surface area contributed by atoms with E-state index in [2.05, 4.69) is 15.9 Å². The average Bonchev–Trinajstić information content (AvgIpc) is 2.73. The Morgan fingerprint density at radius 2 is 1.87 bits per heavy atom. The molecule has 0 aliphatic carbocycles. The zero-order chi connectivity index (χ0) is 21.8. The van der Waals surface area contributed by atoms with Crippen molar-refractivity contribution in [3.8, 4) is 5.75 Å². The predicted octanol–water partition coefficient (Wildman–Crippen LogP) is 3.20. The average molecular weight is 474 g/mol. The van der Waals surface area contributed by atoms with Gasteiger partial charge in [-0.15, -0.1) is 0 Å². The molecule has 2 aromatic carbocycles. The Morgan fingerprint density at radius 1 is 1.17 bits per heavy atom. The maximum absolute atomic E-state index is 13.3. The van der Waals surface area contributed by atoms with Crippen molar-refractivity contribution in [1.82, 2.24) is 4.90 Å². The summed E-state index contributed by atoms with van der Waals surface area (Å²) in [5, 5.41) is 0. The molecule has 1 fully saturated rings. The van der Waals surface area contributed by atoms with Crippen LogP contribution in [-0.2, 0) is 20.9 Å². The van der Waals surface area contributed by atoms with E-state index in [1.165, 1.54) is 9.80 Å². The number of anilines is 2. The summed E-state index contributed by atoms with van der Waals surface area (Å²) in [6, 6.07) is 12.0. The molecular formula is C22H24BrN3O4. The topological polar surface area (TPSA) is 70.2 Å². The van der Waals surface area contributed by atoms with Gasteiger partial charge in [-0.25, -0.2) is 0 Å². The first kappa shape index (κ1) is 21.8. The van der Waals surface area contributed by atoms with Crippen molar-refractivity contribution in [2.24, 2.45) is 0 Å². The highest BCUT2D eigenvalue weighted by Crippen LogP contribution is 2.37. The lowest BCUT2D eigenvalue weighted by Crippen LogP contribution is -2.54. The number of piperidine rings is 1. The highest BCUT2D eigenvalue weighted by molar-refractivity contribution is 9.10. The summed E-state index contributed by atoms with van der Waals surface area (Å²) < 4.78 is 5.96. The lowest BCUT2D eigenvalue weighted by molar-refractivity contribution is -0.150. The fourth-order valence-corrected chi connectivity index (χ4v) is 4.32. The third kappa shape index (κ3) is 4.33. The number of carbonyl (C=O) groups is 3. The van der Waals surface area contributed by atoms with Crippen LogP contribution in [0, 0.1) is 0 Å². The number of hydrogen-bond acceptors (Lipinski definition) is 5. The molecule has 1 unspecified atom stereocenters. The van der Waals surface area contributed by atoms with Gasteiger partial charge in [-0.2, -0.15) is 0 Å². The fraction of sp³-hybridized carbons (Fsp3) is 0.318. The molecule has 0 bridgehead atoms. The Hall–Kier alpha value is -2.87. The van der Waals surface area contributed by atoms with Gasteiger partial charge in [-0.05, 0) is 52.2 Å². The van der Waals surface area contributed by atoms with Crippen LogP contribution in [0.15, 0.2) is 46.9 Å². The van der Waals surface area contributed by atoms with E-state index in [4.69, 9.17) is 4.74 Å². The van der Waals surface area contributed by atoms with Crippen LogP contribution in [0.1, 0.15) is 18.4 Å². The predicted molar refractivity (Wildman–Crippen MR) is 119 cm³/mol. The zero-order valence-corrected chi connectivity index (χ0v) is 18.8. The first-order valence-electron chi connectivity index (χ1n) is 9.54. The fourth-order valence-electron chi connectivity index (χ4n) is 3.61. The van der Waals surface area contributed by atoms with Gasteiger partial charge >= 0.3 is 0 Å². The van der Waals surface area contributed by atoms with E-state index in [0.717, 1.165) is 15.7 Å². The molecule has 1 atom stereocenters. The van der Waals surface area contributed by atoms with Gasteiger partial charge in [-0.1, -0.05) is 18.2 Å². The molecule has 1 aliphatic rings. The second-order valence-electron chi connectivity index (χ2n) is 7.24. The summed E-state index contributed by atoms with van der Waals surface area (Å²) in [6.45, 7) is 0.157. The molecule has 0 radical (unpaired) electrons. The zero-order valence-electron chi connectivity index (χ0n) is 17.2. The summed E-state index contributed by atoms with van der Waals surface area (Å²) in [7, 11) is 5.32. The SMILES string of the molecule is COc1ccc(CN2C(=O)CCC(N(C=O)c3cccc(Br)c3N(C)C)C2=O)cc1. The Bertz CT molecular complexity index is 946. The molecule has 0 aromatic heterocycles. The largest absolute Gasteiger partial charge is 0.497 e. The summed E-state index contributed by atoms with van der Waals surface area (Å²) in [6.07, 6.45) is 1.15. The van der Waals surface area contributed by atoms with E-state index < -0.39 is 6.04 Å². The Kier molecular flexibility index (Phi) is 6.77. The van der Waals surface area contributed by atoms with Crippen LogP contribution in [0.25, 0.3) is 0 Å². The molecule has 3 amide bonds. The van der Waals surface area contributed by atoms with Crippen molar-refractivity contribution in [2.45, 2.75) is 25.4 Å². The minimum Gasteiger partial charge on any atom is -0.497 e. The van der Waals surface area contributed by atoms with Crippen LogP contribution in [-0.4, -0.2) is 50.4 Å². The number of ether oxygens (including phenoxy) is 1. The Balaban J connectivity index is 1.90. The first-order valence-corrected chi connectivity index (χ1v) is 10.3. The van der Waals surface area contributed by atoms with Gasteiger partial charge in [-0.3, -0.25) is 19.3 Å². The molecule has 1 heterocycles. The highest BCUT2D eigenvalue weighted by Gasteiger charge is 2.38. The van der Waals surface area contributed by atoms with Crippen molar-refractivity contribution in [3.63, 3.8) is 0 Å². The number of halogens is 1. The van der Waals surface area contributed by atoms with Crippen LogP contribution < -0.4 is 14.5 Å². The number of hydrogen-bond donors (Lipinski definition) is 0. The van der Waals surface area contributed by atoms with E-state index in [1.54, 1.807) is 25.3 Å². The molecule has 7 nitrogen and oxygen atoms in total. The molecule has 0 saturated carbocycles. The standard InChI is InChI=1S/C22H24BrN3O4/c1-24(2)21-17(23)5-4-6-18(21)26(14-27)19-11-12-20(28)25(22(19)29)13-15-7-9-16(30-3)10-8-15/h4-10,14,19H,11-13H2,1-3H3. The maximum atomic E-state index is 13.3. The number of para-hydroxylation sites is 1. The lowest BCUT2D eigenvalue weighted by atomic mass is 10.0. The monoisotopic (exact) mass is 473 g/mol. The van der Waals surface area contributed by atoms with Gasteiger partial charge in [0.25, 0.3) is 5.91 Å². The second-order valence-corrected chi connectivity index (χ2v) is 8.09. The van der Waals surface area contributed by atoms with Gasteiger partial charge in [0.2, 0.25) is 12.3 Å². The van der Waals surface area contributed by atoms with Gasteiger partial charge in [0.05, 0.1) is 25.0 Å². The highest BCUT2D eigenvalue weighted by atomic mass is 79.9. The molecule has 0 spiro atoms. The van der Waals surface area contributed by atoms with Gasteiger partial charge in [0, 0.05) is 25.0 Å². The van der Waals surface area contributed by atoms with Gasteiger partial charge in [0.1, 0.15) is 11.8 Å². The number of amides is 3. The van der Waals surface area contributed by atoms with E-state index >= 15 is 0 Å². The number of likely N-dealkylation sites (tertiary alicyclic amines) is 1. The van der Waals surface area contributed by atoms with Crippen molar-refractivity contribution in [1.29, 1.82) is 0 Å². The lowest BCUT2D eigenvalue weighted by Gasteiger charge is -2.37. The molecule has 158 valence electrons.